The van der Waals surface area contributed by atoms with Gasteiger partial charge in [-0.1, -0.05) is 56.1 Å². The lowest BCUT2D eigenvalue weighted by atomic mass is 9.95. The summed E-state index contributed by atoms with van der Waals surface area (Å²) in [5.41, 5.74) is 3.73. The number of carbonyl (C=O) groups excluding carboxylic acids is 2. The van der Waals surface area contributed by atoms with Crippen molar-refractivity contribution < 1.29 is 14.3 Å². The predicted molar refractivity (Wildman–Crippen MR) is 159 cm³/mol. The summed E-state index contributed by atoms with van der Waals surface area (Å²) in [6, 6.07) is 10.8. The number of halogens is 2. The van der Waals surface area contributed by atoms with Gasteiger partial charge in [-0.25, -0.2) is 9.97 Å². The standard InChI is InChI=1S/C30H33Cl2N5O3/c1-7-40-24-14-23-22(12-20(24)28(38)36-25-11-8-17(2)15-33-25)35-26(37(23)6)13-19-21(31)10-9-18(27(19)32)16-34-29(39)30(3,4)5/h8-12,14-15H,7,13,16H2,1-6H3,(H,34,39)(H,33,36,38). The lowest BCUT2D eigenvalue weighted by molar-refractivity contribution is -0.128. The average molecular weight is 583 g/mol. The summed E-state index contributed by atoms with van der Waals surface area (Å²) in [6.07, 6.45) is 2.04. The van der Waals surface area contributed by atoms with E-state index in [0.717, 1.165) is 16.6 Å². The van der Waals surface area contributed by atoms with Crippen molar-refractivity contribution in [3.05, 3.63) is 80.7 Å². The van der Waals surface area contributed by atoms with E-state index >= 15 is 0 Å². The molecule has 4 aromatic rings. The van der Waals surface area contributed by atoms with E-state index in [0.29, 0.717) is 57.1 Å². The van der Waals surface area contributed by atoms with Crippen molar-refractivity contribution in [1.82, 2.24) is 19.9 Å². The number of nitrogens with one attached hydrogen (secondary N) is 2. The summed E-state index contributed by atoms with van der Waals surface area (Å²) in [5.74, 6) is 1.18. The second kappa shape index (κ2) is 11.9. The van der Waals surface area contributed by atoms with Crippen LogP contribution in [0.1, 0.15) is 60.6 Å². The SMILES string of the molecule is CCOc1cc2c(cc1C(=O)Nc1ccc(C)cn1)nc(Cc1c(Cl)ccc(CNC(=O)C(C)(C)C)c1Cl)n2C. The number of anilines is 1. The molecule has 10 heteroatoms. The van der Waals surface area contributed by atoms with E-state index in [1.807, 2.05) is 64.4 Å². The highest BCUT2D eigenvalue weighted by atomic mass is 35.5. The summed E-state index contributed by atoms with van der Waals surface area (Å²) >= 11 is 13.4. The van der Waals surface area contributed by atoms with Crippen molar-refractivity contribution >= 4 is 51.9 Å². The Hall–Kier alpha value is -3.62. The van der Waals surface area contributed by atoms with E-state index in [2.05, 4.69) is 15.6 Å². The van der Waals surface area contributed by atoms with Crippen molar-refractivity contribution in [2.45, 2.75) is 47.6 Å². The number of ether oxygens (including phenoxy) is 1. The molecular weight excluding hydrogens is 549 g/mol. The van der Waals surface area contributed by atoms with Crippen molar-refractivity contribution in [3.8, 4) is 5.75 Å². The first kappa shape index (κ1) is 29.4. The molecule has 0 aliphatic rings. The Bertz CT molecular complexity index is 1570. The molecule has 0 fully saturated rings. The Kier molecular flexibility index (Phi) is 8.71. The topological polar surface area (TPSA) is 98.1 Å². The van der Waals surface area contributed by atoms with Crippen LogP contribution < -0.4 is 15.4 Å². The first-order valence-corrected chi connectivity index (χ1v) is 13.7. The minimum absolute atomic E-state index is 0.0708. The average Bonchev–Trinajstić information content (AvgIpc) is 3.20. The summed E-state index contributed by atoms with van der Waals surface area (Å²) in [6.45, 7) is 10.0. The van der Waals surface area contributed by atoms with E-state index in [4.69, 9.17) is 32.9 Å². The van der Waals surface area contributed by atoms with Crippen LogP contribution in [0.2, 0.25) is 10.0 Å². The Balaban J connectivity index is 1.66. The van der Waals surface area contributed by atoms with Gasteiger partial charge >= 0.3 is 0 Å². The third-order valence-corrected chi connectivity index (χ3v) is 7.32. The van der Waals surface area contributed by atoms with Crippen LogP contribution in [0.25, 0.3) is 11.0 Å². The number of carbonyl (C=O) groups is 2. The van der Waals surface area contributed by atoms with Crippen LogP contribution in [-0.4, -0.2) is 33.0 Å². The zero-order valence-corrected chi connectivity index (χ0v) is 25.0. The van der Waals surface area contributed by atoms with Gasteiger partial charge in [-0.2, -0.15) is 0 Å². The monoisotopic (exact) mass is 581 g/mol. The summed E-state index contributed by atoms with van der Waals surface area (Å²) in [5, 5.41) is 6.75. The first-order valence-electron chi connectivity index (χ1n) is 13.0. The van der Waals surface area contributed by atoms with Gasteiger partial charge < -0.3 is 19.9 Å². The van der Waals surface area contributed by atoms with Crippen LogP contribution in [-0.2, 0) is 24.8 Å². The largest absolute Gasteiger partial charge is 0.493 e. The van der Waals surface area contributed by atoms with Gasteiger partial charge in [0.05, 0.1) is 28.2 Å². The number of pyridine rings is 1. The van der Waals surface area contributed by atoms with E-state index in [1.165, 1.54) is 0 Å². The zero-order valence-electron chi connectivity index (χ0n) is 23.5. The van der Waals surface area contributed by atoms with Crippen molar-refractivity contribution in [2.24, 2.45) is 12.5 Å². The molecule has 0 radical (unpaired) electrons. The number of nitrogens with zero attached hydrogens (tertiary/aromatic N) is 3. The van der Waals surface area contributed by atoms with Gasteiger partial charge in [-0.05, 0) is 48.7 Å². The first-order chi connectivity index (χ1) is 18.9. The lowest BCUT2D eigenvalue weighted by Gasteiger charge is -2.18. The molecule has 0 aliphatic carbocycles. The molecule has 0 bridgehead atoms. The Morgan fingerprint density at radius 2 is 1.85 bits per heavy atom. The second-order valence-corrected chi connectivity index (χ2v) is 11.4. The fourth-order valence-electron chi connectivity index (χ4n) is 4.15. The Morgan fingerprint density at radius 1 is 1.10 bits per heavy atom. The molecular formula is C30H33Cl2N5O3. The summed E-state index contributed by atoms with van der Waals surface area (Å²) in [4.78, 5) is 34.6. The van der Waals surface area contributed by atoms with Gasteiger partial charge in [0.2, 0.25) is 5.91 Å². The number of fused-ring (bicyclic) bond motifs is 1. The molecule has 8 nitrogen and oxygen atoms in total. The highest BCUT2D eigenvalue weighted by molar-refractivity contribution is 6.36. The van der Waals surface area contributed by atoms with Crippen LogP contribution in [0.15, 0.2) is 42.6 Å². The number of aromatic nitrogens is 3. The van der Waals surface area contributed by atoms with Gasteiger partial charge in [-0.3, -0.25) is 9.59 Å². The van der Waals surface area contributed by atoms with Crippen LogP contribution >= 0.6 is 23.2 Å². The Morgan fingerprint density at radius 3 is 2.50 bits per heavy atom. The van der Waals surface area contributed by atoms with Gasteiger partial charge in [-0.15, -0.1) is 0 Å². The molecule has 40 heavy (non-hydrogen) atoms. The number of hydrogen-bond donors (Lipinski definition) is 2. The van der Waals surface area contributed by atoms with Crippen molar-refractivity contribution in [2.75, 3.05) is 11.9 Å². The third kappa shape index (κ3) is 6.40. The lowest BCUT2D eigenvalue weighted by Crippen LogP contribution is -2.34. The van der Waals surface area contributed by atoms with Gasteiger partial charge in [0.25, 0.3) is 5.91 Å². The fourth-order valence-corrected chi connectivity index (χ4v) is 4.72. The van der Waals surface area contributed by atoms with Gasteiger partial charge in [0.15, 0.2) is 0 Å². The number of amides is 2. The second-order valence-electron chi connectivity index (χ2n) is 10.6. The van der Waals surface area contributed by atoms with E-state index in [-0.39, 0.29) is 18.4 Å². The van der Waals surface area contributed by atoms with E-state index in [1.54, 1.807) is 24.4 Å². The molecule has 0 saturated carbocycles. The minimum atomic E-state index is -0.512. The normalized spacial score (nSPS) is 11.5. The maximum Gasteiger partial charge on any atom is 0.260 e. The fraction of sp³-hybridized carbons (Fsp3) is 0.333. The number of benzene rings is 2. The highest BCUT2D eigenvalue weighted by Crippen LogP contribution is 2.33. The summed E-state index contributed by atoms with van der Waals surface area (Å²) < 4.78 is 7.76. The molecule has 0 atom stereocenters. The van der Waals surface area contributed by atoms with Crippen LogP contribution in [0.4, 0.5) is 5.82 Å². The highest BCUT2D eigenvalue weighted by Gasteiger charge is 2.23. The van der Waals surface area contributed by atoms with Gasteiger partial charge in [0.1, 0.15) is 17.4 Å². The number of aryl methyl sites for hydroxylation is 2. The van der Waals surface area contributed by atoms with Crippen LogP contribution in [0, 0.1) is 12.3 Å². The molecule has 2 aromatic heterocycles. The molecule has 2 heterocycles. The predicted octanol–water partition coefficient (Wildman–Crippen LogP) is 6.49. The molecule has 2 N–H and O–H groups in total. The molecule has 210 valence electrons. The molecule has 0 unspecified atom stereocenters. The van der Waals surface area contributed by atoms with Crippen LogP contribution in [0.3, 0.4) is 0 Å². The van der Waals surface area contributed by atoms with Gasteiger partial charge in [0, 0.05) is 42.7 Å². The zero-order chi connectivity index (χ0) is 29.2. The minimum Gasteiger partial charge on any atom is -0.493 e. The molecule has 2 aromatic carbocycles. The van der Waals surface area contributed by atoms with Crippen molar-refractivity contribution in [3.63, 3.8) is 0 Å². The van der Waals surface area contributed by atoms with Crippen molar-refractivity contribution in [1.29, 1.82) is 0 Å². The maximum atomic E-state index is 13.2. The molecule has 0 saturated heterocycles. The quantitative estimate of drug-likeness (QED) is 0.248. The third-order valence-electron chi connectivity index (χ3n) is 6.49. The number of imidazole rings is 1. The molecule has 4 rings (SSSR count). The molecule has 0 spiro atoms. The molecule has 2 amide bonds. The summed E-state index contributed by atoms with van der Waals surface area (Å²) in [7, 11) is 1.89. The van der Waals surface area contributed by atoms with E-state index < -0.39 is 5.41 Å². The Labute approximate surface area is 244 Å². The van der Waals surface area contributed by atoms with E-state index in [9.17, 15) is 9.59 Å². The smallest absolute Gasteiger partial charge is 0.260 e. The maximum absolute atomic E-state index is 13.2. The number of hydrogen-bond acceptors (Lipinski definition) is 5. The molecule has 0 aliphatic heterocycles. The number of rotatable bonds is 8. The van der Waals surface area contributed by atoms with Crippen LogP contribution in [0.5, 0.6) is 5.75 Å².